The average molecular weight is 322 g/mol. The van der Waals surface area contributed by atoms with Gasteiger partial charge in [-0.3, -0.25) is 4.79 Å². The predicted molar refractivity (Wildman–Crippen MR) is 94.1 cm³/mol. The minimum absolute atomic E-state index is 0.0504. The van der Waals surface area contributed by atoms with E-state index in [4.69, 9.17) is 0 Å². The van der Waals surface area contributed by atoms with Gasteiger partial charge in [0.05, 0.1) is 6.07 Å². The number of carbonyl (C=O) groups is 1. The van der Waals surface area contributed by atoms with Crippen LogP contribution < -0.4 is 10.6 Å². The van der Waals surface area contributed by atoms with Crippen molar-refractivity contribution in [3.05, 3.63) is 48.0 Å². The van der Waals surface area contributed by atoms with Crippen LogP contribution in [-0.2, 0) is 4.79 Å². The molecule has 3 N–H and O–H groups in total. The summed E-state index contributed by atoms with van der Waals surface area (Å²) in [5.41, 5.74) is 0.602. The fourth-order valence-electron chi connectivity index (χ4n) is 3.62. The molecule has 1 fully saturated rings. The molecule has 0 spiro atoms. The summed E-state index contributed by atoms with van der Waals surface area (Å²) in [6.45, 7) is 2.46. The zero-order valence-electron chi connectivity index (χ0n) is 14.1. The van der Waals surface area contributed by atoms with Gasteiger partial charge in [0.2, 0.25) is 0 Å². The Morgan fingerprint density at radius 3 is 2.71 bits per heavy atom. The molecule has 24 heavy (non-hydrogen) atoms. The third-order valence-corrected chi connectivity index (χ3v) is 5.02. The van der Waals surface area contributed by atoms with Crippen molar-refractivity contribution in [1.82, 2.24) is 5.32 Å². The summed E-state index contributed by atoms with van der Waals surface area (Å²) in [7, 11) is 0. The Morgan fingerprint density at radius 2 is 1.96 bits per heavy atom. The van der Waals surface area contributed by atoms with Crippen LogP contribution in [0.3, 0.4) is 0 Å². The highest BCUT2D eigenvalue weighted by Crippen LogP contribution is 2.28. The van der Waals surface area contributed by atoms with Crippen molar-refractivity contribution in [1.29, 1.82) is 5.26 Å². The van der Waals surface area contributed by atoms with Crippen molar-refractivity contribution in [2.24, 2.45) is 0 Å². The number of amides is 1. The minimum Gasteiger partial charge on any atom is -0.333 e. The lowest BCUT2D eigenvalue weighted by atomic mass is 9.99. The molecule has 2 aromatic rings. The van der Waals surface area contributed by atoms with Crippen LogP contribution in [0.5, 0.6) is 0 Å². The Balaban J connectivity index is 1.64. The van der Waals surface area contributed by atoms with Crippen LogP contribution in [0.2, 0.25) is 0 Å². The topological polar surface area (TPSA) is 69.5 Å². The predicted octanol–water partition coefficient (Wildman–Crippen LogP) is 2.42. The van der Waals surface area contributed by atoms with E-state index in [1.165, 1.54) is 16.3 Å². The second-order valence-electron chi connectivity index (χ2n) is 6.75. The quantitative estimate of drug-likeness (QED) is 0.887. The Bertz CT molecular complexity index is 767. The van der Waals surface area contributed by atoms with E-state index in [2.05, 4.69) is 48.6 Å². The fourth-order valence-corrected chi connectivity index (χ4v) is 3.62. The number of benzene rings is 2. The van der Waals surface area contributed by atoms with Gasteiger partial charge in [-0.1, -0.05) is 42.5 Å². The van der Waals surface area contributed by atoms with Crippen molar-refractivity contribution < 1.29 is 10.1 Å². The largest absolute Gasteiger partial charge is 0.333 e. The molecule has 124 valence electrons. The van der Waals surface area contributed by atoms with Gasteiger partial charge in [0.15, 0.2) is 6.54 Å². The lowest BCUT2D eigenvalue weighted by Gasteiger charge is -2.22. The highest BCUT2D eigenvalue weighted by molar-refractivity contribution is 5.86. The molecular formula is C20H24N3O+. The second kappa shape index (κ2) is 7.02. The first-order valence-electron chi connectivity index (χ1n) is 8.67. The number of nitrogens with one attached hydrogen (secondary N) is 1. The van der Waals surface area contributed by atoms with Gasteiger partial charge >= 0.3 is 0 Å². The van der Waals surface area contributed by atoms with Gasteiger partial charge in [-0.15, -0.1) is 0 Å². The van der Waals surface area contributed by atoms with Crippen molar-refractivity contribution in [3.8, 4) is 6.07 Å². The third kappa shape index (κ3) is 3.42. The molecule has 0 heterocycles. The molecule has 0 aliphatic heterocycles. The molecule has 1 aliphatic rings. The third-order valence-electron chi connectivity index (χ3n) is 5.02. The number of hydrogen-bond acceptors (Lipinski definition) is 2. The number of quaternary nitrogens is 1. The molecule has 4 nitrogen and oxygen atoms in total. The maximum absolute atomic E-state index is 12.3. The van der Waals surface area contributed by atoms with Gasteiger partial charge < -0.3 is 10.6 Å². The van der Waals surface area contributed by atoms with E-state index in [1.54, 1.807) is 0 Å². The van der Waals surface area contributed by atoms with Gasteiger partial charge in [0.25, 0.3) is 5.91 Å². The molecule has 1 aliphatic carbocycles. The summed E-state index contributed by atoms with van der Waals surface area (Å²) in [6.07, 6.45) is 3.58. The number of nitriles is 1. The number of rotatable bonds is 5. The van der Waals surface area contributed by atoms with E-state index in [1.807, 2.05) is 17.4 Å². The van der Waals surface area contributed by atoms with Gasteiger partial charge in [-0.25, -0.2) is 0 Å². The molecule has 0 aromatic heterocycles. The smallest absolute Gasteiger partial charge is 0.276 e. The Hall–Kier alpha value is -2.38. The van der Waals surface area contributed by atoms with Crippen LogP contribution in [0.1, 0.15) is 44.2 Å². The molecule has 1 amide bonds. The van der Waals surface area contributed by atoms with E-state index in [0.717, 1.165) is 25.7 Å². The molecule has 0 bridgehead atoms. The molecule has 3 rings (SSSR count). The van der Waals surface area contributed by atoms with E-state index >= 15 is 0 Å². The normalized spacial score (nSPS) is 17.3. The monoisotopic (exact) mass is 322 g/mol. The van der Waals surface area contributed by atoms with E-state index in [-0.39, 0.29) is 11.9 Å². The molecular weight excluding hydrogens is 298 g/mol. The Kier molecular flexibility index (Phi) is 4.82. The van der Waals surface area contributed by atoms with E-state index < -0.39 is 5.54 Å². The number of fused-ring (bicyclic) bond motifs is 1. The second-order valence-corrected chi connectivity index (χ2v) is 6.75. The van der Waals surface area contributed by atoms with Crippen LogP contribution in [0.25, 0.3) is 10.8 Å². The van der Waals surface area contributed by atoms with Crippen LogP contribution in [-0.4, -0.2) is 18.0 Å². The zero-order valence-corrected chi connectivity index (χ0v) is 14.1. The summed E-state index contributed by atoms with van der Waals surface area (Å²) in [6, 6.07) is 17.1. The summed E-state index contributed by atoms with van der Waals surface area (Å²) < 4.78 is 0. The van der Waals surface area contributed by atoms with Gasteiger partial charge in [0, 0.05) is 5.56 Å². The first-order valence-corrected chi connectivity index (χ1v) is 8.67. The van der Waals surface area contributed by atoms with E-state index in [0.29, 0.717) is 6.54 Å². The lowest BCUT2D eigenvalue weighted by Crippen LogP contribution is -2.87. The number of nitrogens with two attached hydrogens (primary N) is 1. The molecule has 0 saturated heterocycles. The molecule has 0 radical (unpaired) electrons. The summed E-state index contributed by atoms with van der Waals surface area (Å²) in [5, 5.41) is 16.8. The number of nitrogens with zero attached hydrogens (tertiary/aromatic N) is 1. The van der Waals surface area contributed by atoms with Crippen molar-refractivity contribution in [2.45, 2.75) is 44.2 Å². The molecule has 0 unspecified atom stereocenters. The molecule has 2 aromatic carbocycles. The maximum atomic E-state index is 12.3. The molecule has 1 atom stereocenters. The van der Waals surface area contributed by atoms with Crippen LogP contribution in [0.4, 0.5) is 0 Å². The SMILES string of the molecule is C[C@@H]([NH2+]CC(=O)NC1(C#N)CCCC1)c1cccc2ccccc12. The van der Waals surface area contributed by atoms with Gasteiger partial charge in [-0.2, -0.15) is 5.26 Å². The van der Waals surface area contributed by atoms with Crippen molar-refractivity contribution >= 4 is 16.7 Å². The van der Waals surface area contributed by atoms with Crippen molar-refractivity contribution in [2.75, 3.05) is 6.54 Å². The van der Waals surface area contributed by atoms with Crippen LogP contribution in [0.15, 0.2) is 42.5 Å². The average Bonchev–Trinajstić information content (AvgIpc) is 3.08. The maximum Gasteiger partial charge on any atom is 0.276 e. The standard InChI is InChI=1S/C20H23N3O/c1-15(17-10-6-8-16-7-2-3-9-18(16)17)22-13-19(24)23-20(14-21)11-4-5-12-20/h2-3,6-10,15,22H,4-5,11-13H2,1H3,(H,23,24)/p+1/t15-/m1/s1. The lowest BCUT2D eigenvalue weighted by molar-refractivity contribution is -0.682. The summed E-state index contributed by atoms with van der Waals surface area (Å²) in [4.78, 5) is 12.3. The first kappa shape index (κ1) is 16.5. The number of hydrogen-bond donors (Lipinski definition) is 2. The van der Waals surface area contributed by atoms with Gasteiger partial charge in [-0.05, 0) is 43.4 Å². The minimum atomic E-state index is -0.631. The fraction of sp³-hybridized carbons (Fsp3) is 0.400. The highest BCUT2D eigenvalue weighted by atomic mass is 16.2. The Labute approximate surface area is 142 Å². The zero-order chi connectivity index (χ0) is 17.0. The molecule has 4 heteroatoms. The Morgan fingerprint density at radius 1 is 1.25 bits per heavy atom. The summed E-state index contributed by atoms with van der Waals surface area (Å²) in [5.74, 6) is -0.0504. The van der Waals surface area contributed by atoms with Gasteiger partial charge in [0.1, 0.15) is 11.6 Å². The number of carbonyl (C=O) groups excluding carboxylic acids is 1. The highest BCUT2D eigenvalue weighted by Gasteiger charge is 2.35. The van der Waals surface area contributed by atoms with Crippen LogP contribution in [0, 0.1) is 11.3 Å². The summed E-state index contributed by atoms with van der Waals surface area (Å²) >= 11 is 0. The van der Waals surface area contributed by atoms with E-state index in [9.17, 15) is 10.1 Å². The first-order chi connectivity index (χ1) is 11.6. The van der Waals surface area contributed by atoms with Crippen molar-refractivity contribution in [3.63, 3.8) is 0 Å². The van der Waals surface area contributed by atoms with Crippen LogP contribution >= 0.6 is 0 Å². The molecule has 1 saturated carbocycles.